The standard InChI is InChI=1S/C13H23N3O2S/c1-11(2)16(3)10-6-9-15-19(17,18)13-8-5-4-7-12(13)14/h4-5,7-8,11,15H,6,9-10,14H2,1-3H3. The van der Waals surface area contributed by atoms with Crippen molar-refractivity contribution in [2.24, 2.45) is 0 Å². The number of anilines is 1. The number of hydrogen-bond acceptors (Lipinski definition) is 4. The zero-order chi connectivity index (χ0) is 14.5. The smallest absolute Gasteiger partial charge is 0.242 e. The van der Waals surface area contributed by atoms with Gasteiger partial charge in [0.1, 0.15) is 4.90 Å². The van der Waals surface area contributed by atoms with Crippen molar-refractivity contribution in [1.29, 1.82) is 0 Å². The van der Waals surface area contributed by atoms with E-state index in [1.54, 1.807) is 18.2 Å². The van der Waals surface area contributed by atoms with E-state index in [1.165, 1.54) is 6.07 Å². The molecule has 0 heterocycles. The van der Waals surface area contributed by atoms with Crippen molar-refractivity contribution in [3.63, 3.8) is 0 Å². The van der Waals surface area contributed by atoms with Crippen LogP contribution in [-0.4, -0.2) is 39.5 Å². The molecular formula is C13H23N3O2S. The molecule has 0 radical (unpaired) electrons. The van der Waals surface area contributed by atoms with Crippen LogP contribution in [0, 0.1) is 0 Å². The normalized spacial score (nSPS) is 12.3. The predicted octanol–water partition coefficient (Wildman–Crippen LogP) is 1.28. The Kier molecular flexibility index (Phi) is 5.78. The van der Waals surface area contributed by atoms with Crippen LogP contribution < -0.4 is 10.5 Å². The van der Waals surface area contributed by atoms with E-state index in [0.29, 0.717) is 12.6 Å². The first-order chi connectivity index (χ1) is 8.84. The molecule has 5 nitrogen and oxygen atoms in total. The van der Waals surface area contributed by atoms with Crippen molar-refractivity contribution in [2.75, 3.05) is 25.9 Å². The fourth-order valence-corrected chi connectivity index (χ4v) is 2.80. The minimum absolute atomic E-state index is 0.146. The largest absolute Gasteiger partial charge is 0.398 e. The second kappa shape index (κ2) is 6.88. The average Bonchev–Trinajstić information content (AvgIpc) is 2.34. The van der Waals surface area contributed by atoms with E-state index < -0.39 is 10.0 Å². The maximum Gasteiger partial charge on any atom is 0.242 e. The molecule has 3 N–H and O–H groups in total. The van der Waals surface area contributed by atoms with Gasteiger partial charge >= 0.3 is 0 Å². The van der Waals surface area contributed by atoms with Crippen molar-refractivity contribution >= 4 is 15.7 Å². The molecular weight excluding hydrogens is 262 g/mol. The highest BCUT2D eigenvalue weighted by molar-refractivity contribution is 7.89. The highest BCUT2D eigenvalue weighted by atomic mass is 32.2. The number of nitrogens with zero attached hydrogens (tertiary/aromatic N) is 1. The Hall–Kier alpha value is -1.11. The molecule has 0 aliphatic rings. The Morgan fingerprint density at radius 1 is 1.32 bits per heavy atom. The van der Waals surface area contributed by atoms with Crippen molar-refractivity contribution < 1.29 is 8.42 Å². The third-order valence-corrected chi connectivity index (χ3v) is 4.60. The van der Waals surface area contributed by atoms with E-state index in [4.69, 9.17) is 5.73 Å². The topological polar surface area (TPSA) is 75.4 Å². The fraction of sp³-hybridized carbons (Fsp3) is 0.538. The summed E-state index contributed by atoms with van der Waals surface area (Å²) in [5.41, 5.74) is 5.94. The quantitative estimate of drug-likeness (QED) is 0.584. The summed E-state index contributed by atoms with van der Waals surface area (Å²) in [4.78, 5) is 2.32. The van der Waals surface area contributed by atoms with Crippen LogP contribution in [0.5, 0.6) is 0 Å². The molecule has 108 valence electrons. The van der Waals surface area contributed by atoms with Gasteiger partial charge in [-0.1, -0.05) is 12.1 Å². The van der Waals surface area contributed by atoms with Gasteiger partial charge in [-0.25, -0.2) is 13.1 Å². The van der Waals surface area contributed by atoms with Crippen molar-refractivity contribution in [3.8, 4) is 0 Å². The lowest BCUT2D eigenvalue weighted by Gasteiger charge is -2.20. The monoisotopic (exact) mass is 285 g/mol. The molecule has 19 heavy (non-hydrogen) atoms. The molecule has 0 amide bonds. The van der Waals surface area contributed by atoms with E-state index in [2.05, 4.69) is 23.5 Å². The van der Waals surface area contributed by atoms with Gasteiger partial charge in [-0.3, -0.25) is 0 Å². The molecule has 0 saturated carbocycles. The highest BCUT2D eigenvalue weighted by Crippen LogP contribution is 2.16. The Morgan fingerprint density at radius 2 is 1.95 bits per heavy atom. The van der Waals surface area contributed by atoms with Gasteiger partial charge in [-0.05, 0) is 46.0 Å². The molecule has 0 fully saturated rings. The van der Waals surface area contributed by atoms with Gasteiger partial charge in [0.05, 0.1) is 5.69 Å². The Morgan fingerprint density at radius 3 is 2.53 bits per heavy atom. The maximum atomic E-state index is 12.0. The Balaban J connectivity index is 2.51. The minimum atomic E-state index is -3.50. The number of rotatable bonds is 7. The summed E-state index contributed by atoms with van der Waals surface area (Å²) in [6.07, 6.45) is 0.765. The summed E-state index contributed by atoms with van der Waals surface area (Å²) in [7, 11) is -1.48. The van der Waals surface area contributed by atoms with Crippen molar-refractivity contribution in [1.82, 2.24) is 9.62 Å². The van der Waals surface area contributed by atoms with Gasteiger partial charge < -0.3 is 10.6 Å². The van der Waals surface area contributed by atoms with Crippen molar-refractivity contribution in [3.05, 3.63) is 24.3 Å². The summed E-state index contributed by atoms with van der Waals surface area (Å²) in [5, 5.41) is 0. The van der Waals surface area contributed by atoms with Crippen LogP contribution in [0.2, 0.25) is 0 Å². The third-order valence-electron chi connectivity index (χ3n) is 3.07. The molecule has 1 rings (SSSR count). The van der Waals surface area contributed by atoms with Crippen LogP contribution in [0.4, 0.5) is 5.69 Å². The lowest BCUT2D eigenvalue weighted by Crippen LogP contribution is -2.31. The lowest BCUT2D eigenvalue weighted by molar-refractivity contribution is 0.271. The van der Waals surface area contributed by atoms with Crippen LogP contribution in [0.3, 0.4) is 0 Å². The van der Waals surface area contributed by atoms with Crippen LogP contribution in [0.15, 0.2) is 29.2 Å². The molecule has 0 bridgehead atoms. The first kappa shape index (κ1) is 15.9. The fourth-order valence-electron chi connectivity index (χ4n) is 1.60. The molecule has 0 atom stereocenters. The molecule has 1 aromatic carbocycles. The predicted molar refractivity (Wildman–Crippen MR) is 78.4 cm³/mol. The number of benzene rings is 1. The van der Waals surface area contributed by atoms with Crippen LogP contribution >= 0.6 is 0 Å². The van der Waals surface area contributed by atoms with Crippen LogP contribution in [0.25, 0.3) is 0 Å². The van der Waals surface area contributed by atoms with E-state index in [1.807, 2.05) is 7.05 Å². The van der Waals surface area contributed by atoms with Gasteiger partial charge in [-0.2, -0.15) is 0 Å². The number of sulfonamides is 1. The number of para-hydroxylation sites is 1. The number of nitrogens with two attached hydrogens (primary N) is 1. The summed E-state index contributed by atoms with van der Waals surface area (Å²) >= 11 is 0. The molecule has 0 unspecified atom stereocenters. The van der Waals surface area contributed by atoms with Gasteiger partial charge in [-0.15, -0.1) is 0 Å². The molecule has 0 saturated heterocycles. The van der Waals surface area contributed by atoms with E-state index in [-0.39, 0.29) is 10.6 Å². The summed E-state index contributed by atoms with van der Waals surface area (Å²) in [6.45, 7) is 5.47. The summed E-state index contributed by atoms with van der Waals surface area (Å²) in [5.74, 6) is 0. The maximum absolute atomic E-state index is 12.0. The van der Waals surface area contributed by atoms with Gasteiger partial charge in [0, 0.05) is 12.6 Å². The SMILES string of the molecule is CC(C)N(C)CCCNS(=O)(=O)c1ccccc1N. The number of nitrogens with one attached hydrogen (secondary N) is 1. The summed E-state index contributed by atoms with van der Waals surface area (Å²) < 4.78 is 26.6. The van der Waals surface area contributed by atoms with Crippen molar-refractivity contribution in [2.45, 2.75) is 31.2 Å². The number of nitrogen functional groups attached to an aromatic ring is 1. The second-order valence-electron chi connectivity index (χ2n) is 4.86. The van der Waals surface area contributed by atoms with E-state index in [9.17, 15) is 8.42 Å². The molecule has 1 aromatic rings. The van der Waals surface area contributed by atoms with Crippen LogP contribution in [0.1, 0.15) is 20.3 Å². The van der Waals surface area contributed by atoms with E-state index >= 15 is 0 Å². The van der Waals surface area contributed by atoms with Gasteiger partial charge in [0.2, 0.25) is 10.0 Å². The number of hydrogen-bond donors (Lipinski definition) is 2. The molecule has 0 spiro atoms. The van der Waals surface area contributed by atoms with Gasteiger partial charge in [0.25, 0.3) is 0 Å². The average molecular weight is 285 g/mol. The minimum Gasteiger partial charge on any atom is -0.398 e. The first-order valence-corrected chi connectivity index (χ1v) is 7.87. The Bertz CT molecular complexity index is 500. The molecule has 0 aromatic heterocycles. The third kappa shape index (κ3) is 4.81. The van der Waals surface area contributed by atoms with Crippen LogP contribution in [-0.2, 0) is 10.0 Å². The zero-order valence-corrected chi connectivity index (χ0v) is 12.6. The molecule has 0 aliphatic heterocycles. The lowest BCUT2D eigenvalue weighted by atomic mass is 10.3. The molecule has 6 heteroatoms. The van der Waals surface area contributed by atoms with E-state index in [0.717, 1.165) is 13.0 Å². The van der Waals surface area contributed by atoms with Gasteiger partial charge in [0.15, 0.2) is 0 Å². The second-order valence-corrected chi connectivity index (χ2v) is 6.60. The first-order valence-electron chi connectivity index (χ1n) is 6.39. The Labute approximate surface area is 115 Å². The molecule has 0 aliphatic carbocycles. The summed E-state index contributed by atoms with van der Waals surface area (Å²) in [6, 6.07) is 6.93. The highest BCUT2D eigenvalue weighted by Gasteiger charge is 2.16. The zero-order valence-electron chi connectivity index (χ0n) is 11.8.